The third-order valence-corrected chi connectivity index (χ3v) is 4.19. The maximum Gasteiger partial charge on any atom is 0.249 e. The third kappa shape index (κ3) is 3.37. The molecule has 1 saturated heterocycles. The summed E-state index contributed by atoms with van der Waals surface area (Å²) in [5.41, 5.74) is 1.49. The molecule has 1 aliphatic heterocycles. The summed E-state index contributed by atoms with van der Waals surface area (Å²) in [7, 11) is 0. The Morgan fingerprint density at radius 2 is 2.00 bits per heavy atom. The van der Waals surface area contributed by atoms with E-state index in [1.807, 2.05) is 13.8 Å². The summed E-state index contributed by atoms with van der Waals surface area (Å²) in [6.45, 7) is 7.80. The van der Waals surface area contributed by atoms with E-state index in [2.05, 4.69) is 32.7 Å². The molecule has 1 fully saturated rings. The molecule has 0 saturated carbocycles. The van der Waals surface area contributed by atoms with E-state index < -0.39 is 0 Å². The van der Waals surface area contributed by atoms with Gasteiger partial charge in [-0.05, 0) is 32.2 Å². The second kappa shape index (κ2) is 6.93. The van der Waals surface area contributed by atoms with Crippen LogP contribution in [0.25, 0.3) is 0 Å². The fraction of sp³-hybridized carbons (Fsp3) is 0.733. The lowest BCUT2D eigenvalue weighted by atomic mass is 9.81. The Labute approximate surface area is 126 Å². The van der Waals surface area contributed by atoms with Crippen molar-refractivity contribution in [1.82, 2.24) is 20.5 Å². The summed E-state index contributed by atoms with van der Waals surface area (Å²) >= 11 is 0. The second-order valence-electron chi connectivity index (χ2n) is 5.65. The van der Waals surface area contributed by atoms with Crippen LogP contribution in [0.1, 0.15) is 51.4 Å². The molecule has 2 N–H and O–H groups in total. The highest BCUT2D eigenvalue weighted by molar-refractivity contribution is 5.94. The van der Waals surface area contributed by atoms with E-state index in [9.17, 15) is 4.79 Å². The Morgan fingerprint density at radius 3 is 2.57 bits per heavy atom. The van der Waals surface area contributed by atoms with Gasteiger partial charge in [0.2, 0.25) is 11.9 Å². The van der Waals surface area contributed by atoms with Crippen LogP contribution in [0, 0.1) is 5.41 Å². The number of aryl methyl sites for hydroxylation is 2. The van der Waals surface area contributed by atoms with Crippen molar-refractivity contribution in [3.63, 3.8) is 0 Å². The zero-order valence-corrected chi connectivity index (χ0v) is 13.2. The number of carbonyl (C=O) groups excluding carboxylic acids is 1. The van der Waals surface area contributed by atoms with Crippen LogP contribution in [0.15, 0.2) is 0 Å². The summed E-state index contributed by atoms with van der Waals surface area (Å²) in [5, 5.41) is 14.4. The fourth-order valence-electron chi connectivity index (χ4n) is 2.97. The monoisotopic (exact) mass is 291 g/mol. The predicted molar refractivity (Wildman–Crippen MR) is 82.0 cm³/mol. The third-order valence-electron chi connectivity index (χ3n) is 4.19. The molecule has 21 heavy (non-hydrogen) atoms. The first-order chi connectivity index (χ1) is 10.1. The number of anilines is 1. The van der Waals surface area contributed by atoms with Gasteiger partial charge >= 0.3 is 0 Å². The van der Waals surface area contributed by atoms with Crippen molar-refractivity contribution >= 4 is 11.9 Å². The normalized spacial score (nSPS) is 21.5. The van der Waals surface area contributed by atoms with E-state index in [-0.39, 0.29) is 11.3 Å². The summed E-state index contributed by atoms with van der Waals surface area (Å²) in [4.78, 5) is 17.1. The highest BCUT2D eigenvalue weighted by atomic mass is 16.2. The summed E-state index contributed by atoms with van der Waals surface area (Å²) in [6, 6.07) is 0. The number of rotatable bonds is 6. The molecule has 0 aromatic carbocycles. The van der Waals surface area contributed by atoms with E-state index in [0.717, 1.165) is 56.6 Å². The molecule has 2 heterocycles. The number of nitrogens with zero attached hydrogens (tertiary/aromatic N) is 3. The van der Waals surface area contributed by atoms with E-state index in [4.69, 9.17) is 0 Å². The van der Waals surface area contributed by atoms with Crippen molar-refractivity contribution in [2.24, 2.45) is 5.41 Å². The van der Waals surface area contributed by atoms with Gasteiger partial charge in [0.15, 0.2) is 0 Å². The minimum atomic E-state index is -0.325. The van der Waals surface area contributed by atoms with Gasteiger partial charge in [-0.1, -0.05) is 27.2 Å². The number of carbonyl (C=O) groups is 1. The summed E-state index contributed by atoms with van der Waals surface area (Å²) in [6.07, 6.45) is 4.34. The SMILES string of the molecule is CCCC1(C(=O)Nc2nnc(CC)c(CC)n2)CCNC1. The van der Waals surface area contributed by atoms with Crippen LogP contribution in [0.5, 0.6) is 0 Å². The first-order valence-electron chi connectivity index (χ1n) is 7.89. The molecule has 116 valence electrons. The minimum absolute atomic E-state index is 0.0162. The van der Waals surface area contributed by atoms with Crippen LogP contribution >= 0.6 is 0 Å². The molecule has 0 bridgehead atoms. The Kier molecular flexibility index (Phi) is 5.22. The fourth-order valence-corrected chi connectivity index (χ4v) is 2.97. The molecule has 1 atom stereocenters. The average molecular weight is 291 g/mol. The maximum atomic E-state index is 12.6. The lowest BCUT2D eigenvalue weighted by Crippen LogP contribution is -2.38. The molecule has 1 unspecified atom stereocenters. The predicted octanol–water partition coefficient (Wildman–Crippen LogP) is 1.71. The lowest BCUT2D eigenvalue weighted by molar-refractivity contribution is -0.125. The summed E-state index contributed by atoms with van der Waals surface area (Å²) in [5.74, 6) is 0.346. The number of amides is 1. The first-order valence-corrected chi connectivity index (χ1v) is 7.89. The van der Waals surface area contributed by atoms with Crippen molar-refractivity contribution in [1.29, 1.82) is 0 Å². The zero-order valence-electron chi connectivity index (χ0n) is 13.2. The number of aromatic nitrogens is 3. The highest BCUT2D eigenvalue weighted by Gasteiger charge is 2.40. The molecule has 0 spiro atoms. The minimum Gasteiger partial charge on any atom is -0.316 e. The zero-order chi connectivity index (χ0) is 15.3. The molecule has 1 aromatic heterocycles. The molecule has 1 amide bonds. The van der Waals surface area contributed by atoms with E-state index >= 15 is 0 Å². The lowest BCUT2D eigenvalue weighted by Gasteiger charge is -2.25. The van der Waals surface area contributed by atoms with Gasteiger partial charge in [-0.25, -0.2) is 4.98 Å². The molecular formula is C15H25N5O. The smallest absolute Gasteiger partial charge is 0.249 e. The van der Waals surface area contributed by atoms with Gasteiger partial charge in [-0.2, -0.15) is 0 Å². The van der Waals surface area contributed by atoms with Crippen LogP contribution in [-0.4, -0.2) is 34.2 Å². The molecule has 6 heteroatoms. The molecule has 6 nitrogen and oxygen atoms in total. The Balaban J connectivity index is 2.15. The van der Waals surface area contributed by atoms with Crippen LogP contribution in [0.3, 0.4) is 0 Å². The van der Waals surface area contributed by atoms with Crippen molar-refractivity contribution < 1.29 is 4.79 Å². The largest absolute Gasteiger partial charge is 0.316 e. The van der Waals surface area contributed by atoms with Gasteiger partial charge < -0.3 is 5.32 Å². The van der Waals surface area contributed by atoms with Crippen LogP contribution in [0.4, 0.5) is 5.95 Å². The quantitative estimate of drug-likeness (QED) is 0.834. The average Bonchev–Trinajstić information content (AvgIpc) is 2.97. The molecule has 1 aromatic rings. The van der Waals surface area contributed by atoms with Crippen molar-refractivity contribution in [3.05, 3.63) is 11.4 Å². The Morgan fingerprint density at radius 1 is 1.24 bits per heavy atom. The molecule has 0 aliphatic carbocycles. The van der Waals surface area contributed by atoms with Gasteiger partial charge in [0.25, 0.3) is 0 Å². The Bertz CT molecular complexity index is 497. The molecular weight excluding hydrogens is 266 g/mol. The van der Waals surface area contributed by atoms with Crippen LogP contribution < -0.4 is 10.6 Å². The van der Waals surface area contributed by atoms with Crippen molar-refractivity contribution in [3.8, 4) is 0 Å². The highest BCUT2D eigenvalue weighted by Crippen LogP contribution is 2.32. The van der Waals surface area contributed by atoms with Crippen LogP contribution in [-0.2, 0) is 17.6 Å². The number of hydrogen-bond acceptors (Lipinski definition) is 5. The van der Waals surface area contributed by atoms with Gasteiger partial charge in [-0.3, -0.25) is 10.1 Å². The molecule has 0 radical (unpaired) electrons. The maximum absolute atomic E-state index is 12.6. The number of hydrogen-bond donors (Lipinski definition) is 2. The van der Waals surface area contributed by atoms with Gasteiger partial charge in [0.05, 0.1) is 16.8 Å². The van der Waals surface area contributed by atoms with Crippen molar-refractivity contribution in [2.75, 3.05) is 18.4 Å². The van der Waals surface area contributed by atoms with E-state index in [1.54, 1.807) is 0 Å². The standard InChI is InChI=1S/C15H25N5O/c1-4-7-15(8-9-16-10-15)13(21)18-14-17-11(5-2)12(6-3)19-20-14/h16H,4-10H2,1-3H3,(H,17,18,20,21). The van der Waals surface area contributed by atoms with Crippen LogP contribution in [0.2, 0.25) is 0 Å². The number of nitrogens with one attached hydrogen (secondary N) is 2. The van der Waals surface area contributed by atoms with Gasteiger partial charge in [0.1, 0.15) is 0 Å². The summed E-state index contributed by atoms with van der Waals surface area (Å²) < 4.78 is 0. The van der Waals surface area contributed by atoms with E-state index in [0.29, 0.717) is 5.95 Å². The first kappa shape index (κ1) is 15.8. The van der Waals surface area contributed by atoms with Gasteiger partial charge in [0, 0.05) is 6.54 Å². The van der Waals surface area contributed by atoms with E-state index in [1.165, 1.54) is 0 Å². The van der Waals surface area contributed by atoms with Crippen molar-refractivity contribution in [2.45, 2.75) is 52.9 Å². The molecule has 1 aliphatic rings. The van der Waals surface area contributed by atoms with Gasteiger partial charge in [-0.15, -0.1) is 10.2 Å². The topological polar surface area (TPSA) is 79.8 Å². The Hall–Kier alpha value is -1.56. The molecule has 2 rings (SSSR count). The second-order valence-corrected chi connectivity index (χ2v) is 5.65.